The van der Waals surface area contributed by atoms with Gasteiger partial charge in [-0.05, 0) is 12.1 Å². The van der Waals surface area contributed by atoms with Gasteiger partial charge in [0.15, 0.2) is 9.84 Å². The average molecular weight is 237 g/mol. The molecule has 14 heavy (non-hydrogen) atoms. The van der Waals surface area contributed by atoms with Crippen LogP contribution >= 0.6 is 8.25 Å². The molecule has 0 atom stereocenters. The van der Waals surface area contributed by atoms with Crippen LogP contribution in [0, 0.1) is 0 Å². The molecule has 0 bridgehead atoms. The highest BCUT2D eigenvalue weighted by Gasteiger charge is 2.02. The summed E-state index contributed by atoms with van der Waals surface area (Å²) < 4.78 is 30.4. The number of benzene rings is 1. The molecule has 0 radical (unpaired) electrons. The van der Waals surface area contributed by atoms with Crippen molar-refractivity contribution in [2.75, 3.05) is 6.26 Å². The van der Waals surface area contributed by atoms with E-state index in [1.54, 1.807) is 30.3 Å². The maximum atomic E-state index is 10.8. The fraction of sp³-hybridized carbons (Fsp3) is 0.143. The Bertz CT molecular complexity index is 382. The van der Waals surface area contributed by atoms with Crippen molar-refractivity contribution < 1.29 is 22.8 Å². The minimum absolute atomic E-state index is 0.370. The van der Waals surface area contributed by atoms with Gasteiger partial charge in [0.1, 0.15) is 0 Å². The Kier molecular flexibility index (Phi) is 5.49. The predicted molar refractivity (Wildman–Crippen MR) is 51.6 cm³/mol. The molecule has 0 unspecified atom stereocenters. The van der Waals surface area contributed by atoms with Gasteiger partial charge in [0, 0.05) is 10.8 Å². The first kappa shape index (κ1) is 13.2. The molecule has 0 amide bonds. The normalized spacial score (nSPS) is 9.93. The minimum Gasteiger partial charge on any atom is -0.224 e. The Morgan fingerprint density at radius 3 is 1.71 bits per heavy atom. The Morgan fingerprint density at radius 1 is 1.14 bits per heavy atom. The molecule has 0 fully saturated rings. The van der Waals surface area contributed by atoms with Gasteiger partial charge in [-0.1, -0.05) is 18.2 Å². The van der Waals surface area contributed by atoms with Gasteiger partial charge in [0.25, 0.3) is 0 Å². The second kappa shape index (κ2) is 5.82. The van der Waals surface area contributed by atoms with E-state index in [1.165, 1.54) is 6.26 Å². The van der Waals surface area contributed by atoms with Crippen molar-refractivity contribution in [2.24, 2.45) is 0 Å². The SMILES string of the molecule is CS(=O)(=O)c1ccccc1.O=[P+](O)O. The van der Waals surface area contributed by atoms with Crippen LogP contribution in [0.5, 0.6) is 0 Å². The van der Waals surface area contributed by atoms with E-state index in [9.17, 15) is 8.42 Å². The van der Waals surface area contributed by atoms with Crippen LogP contribution in [0.4, 0.5) is 0 Å². The summed E-state index contributed by atoms with van der Waals surface area (Å²) in [7, 11) is -5.87. The lowest BCUT2D eigenvalue weighted by Crippen LogP contribution is -1.95. The molecule has 1 rings (SSSR count). The largest absolute Gasteiger partial charge is 0.692 e. The summed E-state index contributed by atoms with van der Waals surface area (Å²) in [6.45, 7) is 0. The van der Waals surface area contributed by atoms with E-state index in [-0.39, 0.29) is 0 Å². The first-order chi connectivity index (χ1) is 6.34. The first-order valence-electron chi connectivity index (χ1n) is 3.44. The summed E-state index contributed by atoms with van der Waals surface area (Å²) in [5.41, 5.74) is 0. The van der Waals surface area contributed by atoms with E-state index in [1.807, 2.05) is 0 Å². The van der Waals surface area contributed by atoms with Gasteiger partial charge in [0.05, 0.1) is 4.90 Å². The van der Waals surface area contributed by atoms with Crippen molar-refractivity contribution in [3.05, 3.63) is 30.3 Å². The Balaban J connectivity index is 0.000000364. The van der Waals surface area contributed by atoms with E-state index < -0.39 is 18.1 Å². The zero-order valence-electron chi connectivity index (χ0n) is 7.36. The molecule has 0 aromatic heterocycles. The van der Waals surface area contributed by atoms with Crippen molar-refractivity contribution in [3.63, 3.8) is 0 Å². The summed E-state index contributed by atoms with van der Waals surface area (Å²) in [4.78, 5) is 14.6. The Morgan fingerprint density at radius 2 is 1.50 bits per heavy atom. The van der Waals surface area contributed by atoms with Crippen LogP contribution in [0.25, 0.3) is 0 Å². The lowest BCUT2D eigenvalue weighted by Gasteiger charge is -1.93. The summed E-state index contributed by atoms with van der Waals surface area (Å²) in [6, 6.07) is 8.35. The quantitative estimate of drug-likeness (QED) is 0.702. The van der Waals surface area contributed by atoms with Crippen LogP contribution in [-0.2, 0) is 14.4 Å². The third kappa shape index (κ3) is 6.68. The smallest absolute Gasteiger partial charge is 0.224 e. The van der Waals surface area contributed by atoms with Gasteiger partial charge in [-0.3, -0.25) is 0 Å². The molecule has 0 aliphatic heterocycles. The summed E-state index contributed by atoms with van der Waals surface area (Å²) in [5.74, 6) is 0. The minimum atomic E-state index is -3.00. The second-order valence-corrected chi connectivity index (χ2v) is 4.86. The highest BCUT2D eigenvalue weighted by atomic mass is 32.2. The molecule has 0 aliphatic carbocycles. The third-order valence-corrected chi connectivity index (χ3v) is 2.30. The Labute approximate surface area is 82.9 Å². The maximum absolute atomic E-state index is 10.8. The molecular formula is C7H10O5PS+. The number of sulfone groups is 1. The van der Waals surface area contributed by atoms with Crippen LogP contribution in [0.1, 0.15) is 0 Å². The van der Waals surface area contributed by atoms with Crippen molar-refractivity contribution >= 4 is 18.1 Å². The second-order valence-electron chi connectivity index (χ2n) is 2.34. The molecule has 1 aromatic rings. The standard InChI is InChI=1S/C7H8O2S.HO3P/c1-10(8,9)7-5-3-2-4-6-7;1-4(2)3/h2-6H,1H3;(H-,1,2,3)/p+1. The van der Waals surface area contributed by atoms with Gasteiger partial charge in [0.2, 0.25) is 0 Å². The molecule has 0 aliphatic rings. The number of hydrogen-bond acceptors (Lipinski definition) is 3. The fourth-order valence-corrected chi connectivity index (χ4v) is 1.32. The van der Waals surface area contributed by atoms with Crippen LogP contribution in [0.15, 0.2) is 35.2 Å². The molecule has 7 heteroatoms. The van der Waals surface area contributed by atoms with E-state index in [0.29, 0.717) is 4.90 Å². The zero-order chi connectivity index (χ0) is 11.2. The van der Waals surface area contributed by atoms with Crippen molar-refractivity contribution in [2.45, 2.75) is 4.90 Å². The number of hydrogen-bond donors (Lipinski definition) is 2. The highest BCUT2D eigenvalue weighted by molar-refractivity contribution is 7.90. The predicted octanol–water partition coefficient (Wildman–Crippen LogP) is 0.718. The molecule has 1 aromatic carbocycles. The van der Waals surface area contributed by atoms with Gasteiger partial charge < -0.3 is 0 Å². The van der Waals surface area contributed by atoms with Gasteiger partial charge in [-0.15, -0.1) is 9.79 Å². The van der Waals surface area contributed by atoms with Gasteiger partial charge in [-0.25, -0.2) is 8.42 Å². The zero-order valence-corrected chi connectivity index (χ0v) is 9.07. The summed E-state index contributed by atoms with van der Waals surface area (Å²) in [5, 5.41) is 0. The van der Waals surface area contributed by atoms with E-state index >= 15 is 0 Å². The Hall–Kier alpha value is -0.810. The molecule has 0 saturated carbocycles. The van der Waals surface area contributed by atoms with Gasteiger partial charge >= 0.3 is 8.25 Å². The topological polar surface area (TPSA) is 91.7 Å². The van der Waals surface area contributed by atoms with Crippen LogP contribution < -0.4 is 0 Å². The molecule has 0 saturated heterocycles. The first-order valence-corrected chi connectivity index (χ1v) is 6.50. The van der Waals surface area contributed by atoms with Crippen LogP contribution in [0.3, 0.4) is 0 Å². The number of rotatable bonds is 1. The monoisotopic (exact) mass is 237 g/mol. The highest BCUT2D eigenvalue weighted by Crippen LogP contribution is 2.05. The lowest BCUT2D eigenvalue weighted by molar-refractivity contribution is 0.405. The molecule has 2 N–H and O–H groups in total. The fourth-order valence-electron chi connectivity index (χ4n) is 0.668. The van der Waals surface area contributed by atoms with Crippen LogP contribution in [0.2, 0.25) is 0 Å². The lowest BCUT2D eigenvalue weighted by atomic mass is 10.4. The summed E-state index contributed by atoms with van der Waals surface area (Å²) >= 11 is 0. The average Bonchev–Trinajstić information content (AvgIpc) is 2.03. The molecule has 78 valence electrons. The van der Waals surface area contributed by atoms with Crippen molar-refractivity contribution in [3.8, 4) is 0 Å². The molecular weight excluding hydrogens is 227 g/mol. The van der Waals surface area contributed by atoms with E-state index in [2.05, 4.69) is 0 Å². The van der Waals surface area contributed by atoms with E-state index in [4.69, 9.17) is 14.4 Å². The molecule has 5 nitrogen and oxygen atoms in total. The molecule has 0 heterocycles. The summed E-state index contributed by atoms with van der Waals surface area (Å²) in [6.07, 6.45) is 1.20. The van der Waals surface area contributed by atoms with E-state index in [0.717, 1.165) is 0 Å². The maximum Gasteiger partial charge on any atom is 0.692 e. The van der Waals surface area contributed by atoms with Gasteiger partial charge in [-0.2, -0.15) is 0 Å². The van der Waals surface area contributed by atoms with Crippen molar-refractivity contribution in [1.82, 2.24) is 0 Å². The third-order valence-electron chi connectivity index (χ3n) is 1.17. The van der Waals surface area contributed by atoms with Crippen molar-refractivity contribution in [1.29, 1.82) is 0 Å². The molecule has 0 spiro atoms. The van der Waals surface area contributed by atoms with Crippen LogP contribution in [-0.4, -0.2) is 24.5 Å².